The lowest BCUT2D eigenvalue weighted by molar-refractivity contribution is 0.552. The number of aromatic nitrogens is 1. The molecule has 2 aromatic carbocycles. The molecule has 0 aliphatic rings. The molecule has 0 aliphatic carbocycles. The van der Waals surface area contributed by atoms with Gasteiger partial charge in [-0.25, -0.2) is 8.78 Å². The first-order chi connectivity index (χ1) is 10.2. The number of hydrogen-bond acceptors (Lipinski definition) is 2. The van der Waals surface area contributed by atoms with Crippen molar-refractivity contribution in [3.05, 3.63) is 77.6 Å². The minimum atomic E-state index is -0.578. The van der Waals surface area contributed by atoms with Crippen LogP contribution in [0.5, 0.6) is 0 Å². The maximum absolute atomic E-state index is 14.1. The number of nitrogens with one attached hydrogen (secondary N) is 1. The summed E-state index contributed by atoms with van der Waals surface area (Å²) in [6.07, 6.45) is 3.48. The third-order valence-electron chi connectivity index (χ3n) is 3.59. The Hall–Kier alpha value is -2.33. The Morgan fingerprint density at radius 1 is 1.05 bits per heavy atom. The zero-order valence-corrected chi connectivity index (χ0v) is 11.5. The van der Waals surface area contributed by atoms with Crippen molar-refractivity contribution in [1.29, 1.82) is 0 Å². The number of pyridine rings is 1. The first-order valence-electron chi connectivity index (χ1n) is 6.65. The molecule has 0 fully saturated rings. The predicted octanol–water partition coefficient (Wildman–Crippen LogP) is 3.82. The van der Waals surface area contributed by atoms with E-state index in [1.165, 1.54) is 12.1 Å². The molecule has 3 rings (SSSR count). The van der Waals surface area contributed by atoms with E-state index >= 15 is 0 Å². The van der Waals surface area contributed by atoms with Gasteiger partial charge in [0.05, 0.1) is 6.04 Å². The number of benzene rings is 2. The van der Waals surface area contributed by atoms with Crippen LogP contribution < -0.4 is 5.32 Å². The molecule has 1 N–H and O–H groups in total. The first kappa shape index (κ1) is 13.6. The summed E-state index contributed by atoms with van der Waals surface area (Å²) in [6.45, 7) is 0. The van der Waals surface area contributed by atoms with Crippen molar-refractivity contribution in [3.63, 3.8) is 0 Å². The van der Waals surface area contributed by atoms with Crippen LogP contribution in [-0.2, 0) is 0 Å². The van der Waals surface area contributed by atoms with Gasteiger partial charge in [-0.05, 0) is 30.1 Å². The summed E-state index contributed by atoms with van der Waals surface area (Å²) >= 11 is 0. The molecule has 3 aromatic rings. The number of hydrogen-bond donors (Lipinski definition) is 1. The van der Waals surface area contributed by atoms with E-state index in [1.807, 2.05) is 24.3 Å². The van der Waals surface area contributed by atoms with E-state index < -0.39 is 11.6 Å². The van der Waals surface area contributed by atoms with Crippen molar-refractivity contribution < 1.29 is 8.78 Å². The maximum atomic E-state index is 14.1. The van der Waals surface area contributed by atoms with Gasteiger partial charge in [-0.1, -0.05) is 24.3 Å². The van der Waals surface area contributed by atoms with Crippen molar-refractivity contribution in [1.82, 2.24) is 10.3 Å². The van der Waals surface area contributed by atoms with Crippen LogP contribution in [0, 0.1) is 11.6 Å². The largest absolute Gasteiger partial charge is 0.309 e. The summed E-state index contributed by atoms with van der Waals surface area (Å²) in [5.41, 5.74) is 1.32. The molecule has 106 valence electrons. The average Bonchev–Trinajstić information content (AvgIpc) is 2.50. The molecule has 0 amide bonds. The minimum absolute atomic E-state index is 0.363. The van der Waals surface area contributed by atoms with E-state index in [9.17, 15) is 8.78 Å². The molecule has 0 spiro atoms. The second-order valence-electron chi connectivity index (χ2n) is 4.83. The quantitative estimate of drug-likeness (QED) is 0.791. The summed E-state index contributed by atoms with van der Waals surface area (Å²) in [7, 11) is 1.75. The van der Waals surface area contributed by atoms with Crippen LogP contribution >= 0.6 is 0 Å². The second-order valence-corrected chi connectivity index (χ2v) is 4.83. The van der Waals surface area contributed by atoms with Gasteiger partial charge in [-0.3, -0.25) is 4.98 Å². The smallest absolute Gasteiger partial charge is 0.131 e. The highest BCUT2D eigenvalue weighted by atomic mass is 19.1. The van der Waals surface area contributed by atoms with Crippen LogP contribution in [0.15, 0.2) is 54.9 Å². The Balaban J connectivity index is 2.18. The second kappa shape index (κ2) is 5.58. The number of halogens is 2. The molecular formula is C17H14F2N2. The van der Waals surface area contributed by atoms with Crippen LogP contribution in [-0.4, -0.2) is 12.0 Å². The molecule has 1 heterocycles. The summed E-state index contributed by atoms with van der Waals surface area (Å²) < 4.78 is 27.2. The highest BCUT2D eigenvalue weighted by Gasteiger charge is 2.18. The molecule has 0 saturated carbocycles. The van der Waals surface area contributed by atoms with Gasteiger partial charge in [-0.15, -0.1) is 0 Å². The van der Waals surface area contributed by atoms with Gasteiger partial charge in [-0.2, -0.15) is 0 Å². The van der Waals surface area contributed by atoms with Gasteiger partial charge in [0, 0.05) is 29.4 Å². The fourth-order valence-electron chi connectivity index (χ4n) is 2.60. The zero-order valence-electron chi connectivity index (χ0n) is 11.5. The van der Waals surface area contributed by atoms with Crippen molar-refractivity contribution in [2.45, 2.75) is 6.04 Å². The van der Waals surface area contributed by atoms with E-state index in [-0.39, 0.29) is 6.04 Å². The molecule has 0 bridgehead atoms. The van der Waals surface area contributed by atoms with Crippen LogP contribution in [0.3, 0.4) is 0 Å². The van der Waals surface area contributed by atoms with E-state index in [4.69, 9.17) is 0 Å². The SMILES string of the molecule is CNC(c1ccc(F)cc1F)c1cccc2ccncc12. The van der Waals surface area contributed by atoms with Gasteiger partial charge < -0.3 is 5.32 Å². The molecular weight excluding hydrogens is 270 g/mol. The molecule has 0 aliphatic heterocycles. The van der Waals surface area contributed by atoms with Crippen LogP contribution in [0.25, 0.3) is 10.8 Å². The normalized spacial score (nSPS) is 12.5. The Kier molecular flexibility index (Phi) is 3.62. The fourth-order valence-corrected chi connectivity index (χ4v) is 2.60. The molecule has 1 atom stereocenters. The van der Waals surface area contributed by atoms with Gasteiger partial charge >= 0.3 is 0 Å². The summed E-state index contributed by atoms with van der Waals surface area (Å²) in [5, 5.41) is 5.08. The van der Waals surface area contributed by atoms with Crippen LogP contribution in [0.1, 0.15) is 17.2 Å². The lowest BCUT2D eigenvalue weighted by Gasteiger charge is -2.19. The van der Waals surface area contributed by atoms with Gasteiger partial charge in [0.2, 0.25) is 0 Å². The highest BCUT2D eigenvalue weighted by Crippen LogP contribution is 2.29. The molecule has 1 unspecified atom stereocenters. The van der Waals surface area contributed by atoms with Crippen molar-refractivity contribution >= 4 is 10.8 Å². The maximum Gasteiger partial charge on any atom is 0.131 e. The standard InChI is InChI=1S/C17H14F2N2/c1-20-17(14-6-5-12(18)9-16(14)19)13-4-2-3-11-7-8-21-10-15(11)13/h2-10,17,20H,1H3. The molecule has 2 nitrogen and oxygen atoms in total. The lowest BCUT2D eigenvalue weighted by Crippen LogP contribution is -2.19. The van der Waals surface area contributed by atoms with Crippen molar-refractivity contribution in [3.8, 4) is 0 Å². The topological polar surface area (TPSA) is 24.9 Å². The Bertz CT molecular complexity index is 781. The third kappa shape index (κ3) is 2.50. The highest BCUT2D eigenvalue weighted by molar-refractivity contribution is 5.85. The van der Waals surface area contributed by atoms with Crippen molar-refractivity contribution in [2.75, 3.05) is 7.05 Å². The Morgan fingerprint density at radius 2 is 1.90 bits per heavy atom. The van der Waals surface area contributed by atoms with Gasteiger partial charge in [0.25, 0.3) is 0 Å². The van der Waals surface area contributed by atoms with E-state index in [1.54, 1.807) is 19.4 Å². The van der Waals surface area contributed by atoms with Crippen molar-refractivity contribution in [2.24, 2.45) is 0 Å². The molecule has 4 heteroatoms. The fraction of sp³-hybridized carbons (Fsp3) is 0.118. The Labute approximate surface area is 121 Å². The van der Waals surface area contributed by atoms with E-state index in [2.05, 4.69) is 10.3 Å². The molecule has 1 aromatic heterocycles. The zero-order chi connectivity index (χ0) is 14.8. The first-order valence-corrected chi connectivity index (χ1v) is 6.65. The monoisotopic (exact) mass is 284 g/mol. The number of fused-ring (bicyclic) bond motifs is 1. The third-order valence-corrected chi connectivity index (χ3v) is 3.59. The number of nitrogens with zero attached hydrogens (tertiary/aromatic N) is 1. The average molecular weight is 284 g/mol. The molecule has 0 saturated heterocycles. The van der Waals surface area contributed by atoms with Crippen LogP contribution in [0.2, 0.25) is 0 Å². The number of rotatable bonds is 3. The van der Waals surface area contributed by atoms with Gasteiger partial charge in [0.1, 0.15) is 11.6 Å². The minimum Gasteiger partial charge on any atom is -0.309 e. The summed E-state index contributed by atoms with van der Waals surface area (Å²) in [4.78, 5) is 4.14. The van der Waals surface area contributed by atoms with E-state index in [0.717, 1.165) is 22.4 Å². The van der Waals surface area contributed by atoms with Crippen LogP contribution in [0.4, 0.5) is 8.78 Å². The van der Waals surface area contributed by atoms with Gasteiger partial charge in [0.15, 0.2) is 0 Å². The Morgan fingerprint density at radius 3 is 2.67 bits per heavy atom. The predicted molar refractivity (Wildman–Crippen MR) is 79.0 cm³/mol. The summed E-state index contributed by atoms with van der Waals surface area (Å²) in [6, 6.07) is 11.0. The molecule has 21 heavy (non-hydrogen) atoms. The van der Waals surface area contributed by atoms with E-state index in [0.29, 0.717) is 5.56 Å². The molecule has 0 radical (unpaired) electrons. The lowest BCUT2D eigenvalue weighted by atomic mass is 9.94. The summed E-state index contributed by atoms with van der Waals surface area (Å²) in [5.74, 6) is -1.14.